The van der Waals surface area contributed by atoms with E-state index in [0.29, 0.717) is 0 Å². The second-order valence-electron chi connectivity index (χ2n) is 3.40. The molecule has 0 atom stereocenters. The van der Waals surface area contributed by atoms with Gasteiger partial charge in [-0.15, -0.1) is 6.07 Å². The first-order valence-corrected chi connectivity index (χ1v) is 4.66. The van der Waals surface area contributed by atoms with Crippen molar-refractivity contribution in [2.24, 2.45) is 4.99 Å². The van der Waals surface area contributed by atoms with Crippen molar-refractivity contribution in [3.05, 3.63) is 41.7 Å². The smallest absolute Gasteiger partial charge is 0.0271 e. The van der Waals surface area contributed by atoms with Gasteiger partial charge in [-0.2, -0.15) is 6.07 Å². The minimum Gasteiger partial charge on any atom is -0.443 e. The minimum absolute atomic E-state index is 0. The number of aromatic nitrogens is 1. The molecule has 3 heteroatoms. The molecule has 2 aromatic rings. The predicted molar refractivity (Wildman–Crippen MR) is 59.1 cm³/mol. The Labute approximate surface area is 103 Å². The van der Waals surface area contributed by atoms with Gasteiger partial charge in [0.15, 0.2) is 0 Å². The molecule has 0 spiro atoms. The number of nitrogens with zero attached hydrogens (tertiary/aromatic N) is 2. The van der Waals surface area contributed by atoms with Gasteiger partial charge in [-0.25, -0.2) is 0 Å². The molecule has 0 saturated heterocycles. The molecule has 2 aromatic heterocycles. The van der Waals surface area contributed by atoms with Crippen molar-refractivity contribution in [2.75, 3.05) is 7.05 Å². The molecule has 2 heterocycles. The Hall–Kier alpha value is -0.921. The third-order valence-electron chi connectivity index (χ3n) is 2.50. The van der Waals surface area contributed by atoms with Crippen LogP contribution in [-0.4, -0.2) is 17.2 Å². The molecule has 0 amide bonds. The number of aryl methyl sites for hydroxylation is 1. The number of rotatable bonds is 1. The monoisotopic (exact) mass is 378 g/mol. The van der Waals surface area contributed by atoms with E-state index in [0.717, 1.165) is 16.9 Å². The zero-order valence-electron chi connectivity index (χ0n) is 9.04. The molecular weight excluding hydrogens is 364 g/mol. The Morgan fingerprint density at radius 3 is 2.73 bits per heavy atom. The van der Waals surface area contributed by atoms with Gasteiger partial charge in [0.1, 0.15) is 0 Å². The van der Waals surface area contributed by atoms with Gasteiger partial charge in [0.05, 0.1) is 0 Å². The average molecular weight is 377 g/mol. The molecule has 81 valence electrons. The molecule has 1 radical (unpaired) electrons. The van der Waals surface area contributed by atoms with Gasteiger partial charge in [-0.05, 0) is 19.5 Å². The van der Waals surface area contributed by atoms with Gasteiger partial charge in [-0.1, -0.05) is 29.4 Å². The maximum Gasteiger partial charge on any atom is 0.0271 e. The summed E-state index contributed by atoms with van der Waals surface area (Å²) in [6, 6.07) is 8.19. The Kier molecular flexibility index (Phi) is 3.83. The summed E-state index contributed by atoms with van der Waals surface area (Å²) < 4.78 is 2.05. The van der Waals surface area contributed by atoms with Crippen LogP contribution < -0.4 is 0 Å². The van der Waals surface area contributed by atoms with Crippen LogP contribution in [0.25, 0.3) is 5.52 Å². The SMILES string of the molecule is CN=C(C)c1c(C)ccc2cc[c-]n12.[Ir]. The standard InChI is InChI=1S/C12H13N2.Ir/c1-9-6-7-11-5-4-8-14(11)12(9)10(2)13-3;/h4-7H,1-3H3;/q-1;. The fourth-order valence-corrected chi connectivity index (χ4v) is 1.69. The minimum atomic E-state index is 0. The van der Waals surface area contributed by atoms with Crippen LogP contribution in [0.2, 0.25) is 0 Å². The summed E-state index contributed by atoms with van der Waals surface area (Å²) in [5, 5.41) is 0. The largest absolute Gasteiger partial charge is 0.443 e. The summed E-state index contributed by atoms with van der Waals surface area (Å²) >= 11 is 0. The van der Waals surface area contributed by atoms with E-state index in [4.69, 9.17) is 0 Å². The molecule has 0 aromatic carbocycles. The van der Waals surface area contributed by atoms with E-state index in [9.17, 15) is 0 Å². The van der Waals surface area contributed by atoms with Crippen molar-refractivity contribution in [1.29, 1.82) is 0 Å². The first-order chi connectivity index (χ1) is 6.74. The molecular formula is C12H13IrN2-. The summed E-state index contributed by atoms with van der Waals surface area (Å²) in [4.78, 5) is 4.23. The summed E-state index contributed by atoms with van der Waals surface area (Å²) in [5.41, 5.74) is 4.58. The number of hydrogen-bond acceptors (Lipinski definition) is 1. The molecule has 2 nitrogen and oxygen atoms in total. The second kappa shape index (κ2) is 4.73. The van der Waals surface area contributed by atoms with E-state index in [1.54, 1.807) is 0 Å². The van der Waals surface area contributed by atoms with Gasteiger partial charge in [0.2, 0.25) is 0 Å². The van der Waals surface area contributed by atoms with Gasteiger partial charge in [-0.3, -0.25) is 0 Å². The van der Waals surface area contributed by atoms with Crippen molar-refractivity contribution in [2.45, 2.75) is 13.8 Å². The molecule has 15 heavy (non-hydrogen) atoms. The van der Waals surface area contributed by atoms with Crippen LogP contribution in [0.15, 0.2) is 29.3 Å². The first kappa shape index (κ1) is 12.2. The molecule has 0 unspecified atom stereocenters. The topological polar surface area (TPSA) is 16.8 Å². The summed E-state index contributed by atoms with van der Waals surface area (Å²) in [6.07, 6.45) is 3.18. The number of fused-ring (bicyclic) bond motifs is 1. The van der Waals surface area contributed by atoms with Crippen molar-refractivity contribution >= 4 is 11.2 Å². The zero-order chi connectivity index (χ0) is 10.1. The third-order valence-corrected chi connectivity index (χ3v) is 2.50. The van der Waals surface area contributed by atoms with Crippen LogP contribution in [0, 0.1) is 13.1 Å². The summed E-state index contributed by atoms with van der Waals surface area (Å²) in [5.74, 6) is 0. The van der Waals surface area contributed by atoms with E-state index in [1.807, 2.05) is 26.1 Å². The third kappa shape index (κ3) is 2.04. The van der Waals surface area contributed by atoms with Crippen LogP contribution in [0.4, 0.5) is 0 Å². The van der Waals surface area contributed by atoms with E-state index in [2.05, 4.69) is 34.6 Å². The zero-order valence-corrected chi connectivity index (χ0v) is 11.4. The van der Waals surface area contributed by atoms with Gasteiger partial charge in [0.25, 0.3) is 0 Å². The number of hydrogen-bond donors (Lipinski definition) is 0. The van der Waals surface area contributed by atoms with Gasteiger partial charge in [0, 0.05) is 32.9 Å². The van der Waals surface area contributed by atoms with Crippen molar-refractivity contribution in [3.8, 4) is 0 Å². The molecule has 0 N–H and O–H groups in total. The van der Waals surface area contributed by atoms with E-state index in [-0.39, 0.29) is 20.1 Å². The normalized spacial score (nSPS) is 11.5. The maximum absolute atomic E-state index is 4.23. The van der Waals surface area contributed by atoms with E-state index in [1.165, 1.54) is 5.56 Å². The van der Waals surface area contributed by atoms with E-state index >= 15 is 0 Å². The molecule has 0 aliphatic heterocycles. The van der Waals surface area contributed by atoms with Crippen molar-refractivity contribution in [1.82, 2.24) is 4.40 Å². The Bertz CT molecular complexity index is 497. The second-order valence-corrected chi connectivity index (χ2v) is 3.40. The first-order valence-electron chi connectivity index (χ1n) is 4.66. The predicted octanol–water partition coefficient (Wildman–Crippen LogP) is 2.48. The Balaban J connectivity index is 0.00000112. The molecule has 0 saturated carbocycles. The Morgan fingerprint density at radius 2 is 2.07 bits per heavy atom. The van der Waals surface area contributed by atoms with Crippen LogP contribution in [-0.2, 0) is 20.1 Å². The van der Waals surface area contributed by atoms with Crippen LogP contribution in [0.1, 0.15) is 18.2 Å². The summed E-state index contributed by atoms with van der Waals surface area (Å²) in [6.45, 7) is 4.12. The molecule has 0 fully saturated rings. The van der Waals surface area contributed by atoms with Crippen LogP contribution in [0.5, 0.6) is 0 Å². The number of pyridine rings is 1. The molecule has 0 bridgehead atoms. The average Bonchev–Trinajstić information content (AvgIpc) is 2.64. The maximum atomic E-state index is 4.23. The van der Waals surface area contributed by atoms with Crippen molar-refractivity contribution in [3.63, 3.8) is 0 Å². The fourth-order valence-electron chi connectivity index (χ4n) is 1.69. The fraction of sp³-hybridized carbons (Fsp3) is 0.250. The van der Waals surface area contributed by atoms with Crippen LogP contribution >= 0.6 is 0 Å². The summed E-state index contributed by atoms with van der Waals surface area (Å²) in [7, 11) is 1.82. The number of aliphatic imine (C=N–C) groups is 1. The van der Waals surface area contributed by atoms with Gasteiger partial charge >= 0.3 is 0 Å². The quantitative estimate of drug-likeness (QED) is 0.537. The molecule has 0 aliphatic carbocycles. The van der Waals surface area contributed by atoms with E-state index < -0.39 is 0 Å². The molecule has 2 rings (SSSR count). The van der Waals surface area contributed by atoms with Crippen LogP contribution in [0.3, 0.4) is 0 Å². The Morgan fingerprint density at radius 1 is 1.33 bits per heavy atom. The van der Waals surface area contributed by atoms with Gasteiger partial charge < -0.3 is 9.39 Å². The molecule has 0 aliphatic rings. The van der Waals surface area contributed by atoms with Crippen molar-refractivity contribution < 1.29 is 20.1 Å².